The molecule has 0 radical (unpaired) electrons. The smallest absolute Gasteiger partial charge is 0.0869 e. The Morgan fingerprint density at radius 1 is 1.22 bits per heavy atom. The van der Waals surface area contributed by atoms with Gasteiger partial charge in [-0.2, -0.15) is 11.8 Å². The number of nitrogens with zero attached hydrogens (tertiary/aromatic N) is 1. The Labute approximate surface area is 115 Å². The monoisotopic (exact) mass is 270 g/mol. The number of likely N-dealkylation sites (tertiary alicyclic amines) is 1. The van der Waals surface area contributed by atoms with Gasteiger partial charge < -0.3 is 15.3 Å². The summed E-state index contributed by atoms with van der Waals surface area (Å²) in [6.07, 6.45) is 6.41. The van der Waals surface area contributed by atoms with Gasteiger partial charge in [0.05, 0.1) is 5.60 Å². The fourth-order valence-corrected chi connectivity index (χ4v) is 4.35. The van der Waals surface area contributed by atoms with E-state index in [1.807, 2.05) is 11.8 Å². The molecule has 2 N–H and O–H groups in total. The molecule has 104 valence electrons. The molecule has 3 rings (SSSR count). The Kier molecular flexibility index (Phi) is 4.18. The summed E-state index contributed by atoms with van der Waals surface area (Å²) < 4.78 is 0. The number of hydrogen-bond acceptors (Lipinski definition) is 4. The van der Waals surface area contributed by atoms with Crippen LogP contribution in [0.4, 0.5) is 0 Å². The highest BCUT2D eigenvalue weighted by atomic mass is 32.2. The zero-order chi connectivity index (χ0) is 12.4. The van der Waals surface area contributed by atoms with Gasteiger partial charge in [0.15, 0.2) is 0 Å². The lowest BCUT2D eigenvalue weighted by molar-refractivity contribution is 0.0604. The molecule has 3 fully saturated rings. The van der Waals surface area contributed by atoms with Crippen molar-refractivity contribution in [3.63, 3.8) is 0 Å². The lowest BCUT2D eigenvalue weighted by Crippen LogP contribution is -2.48. The largest absolute Gasteiger partial charge is 0.388 e. The third-order valence-corrected chi connectivity index (χ3v) is 5.84. The van der Waals surface area contributed by atoms with Gasteiger partial charge in [0.25, 0.3) is 0 Å². The third-order valence-electron chi connectivity index (χ3n) is 4.60. The van der Waals surface area contributed by atoms with Gasteiger partial charge >= 0.3 is 0 Å². The molecule has 2 saturated heterocycles. The second-order valence-electron chi connectivity index (χ2n) is 6.43. The predicted molar refractivity (Wildman–Crippen MR) is 77.1 cm³/mol. The molecule has 0 aromatic rings. The summed E-state index contributed by atoms with van der Waals surface area (Å²) in [7, 11) is 0. The maximum atomic E-state index is 10.3. The Hall–Kier alpha value is 0.230. The van der Waals surface area contributed by atoms with Gasteiger partial charge in [0.2, 0.25) is 0 Å². The van der Waals surface area contributed by atoms with Crippen molar-refractivity contribution < 1.29 is 5.11 Å². The first-order valence-corrected chi connectivity index (χ1v) is 8.65. The number of nitrogens with one attached hydrogen (secondary N) is 1. The number of aliphatic hydroxyl groups is 1. The SMILES string of the molecule is OC1(CNC2CCN(CC3CC3)CC2)CCSC1. The quantitative estimate of drug-likeness (QED) is 0.790. The van der Waals surface area contributed by atoms with Gasteiger partial charge in [-0.15, -0.1) is 0 Å². The molecule has 0 aromatic carbocycles. The van der Waals surface area contributed by atoms with Gasteiger partial charge in [-0.3, -0.25) is 0 Å². The highest BCUT2D eigenvalue weighted by Gasteiger charge is 2.33. The third kappa shape index (κ3) is 3.62. The topological polar surface area (TPSA) is 35.5 Å². The van der Waals surface area contributed by atoms with E-state index in [4.69, 9.17) is 0 Å². The van der Waals surface area contributed by atoms with E-state index in [-0.39, 0.29) is 0 Å². The Morgan fingerprint density at radius 3 is 2.61 bits per heavy atom. The van der Waals surface area contributed by atoms with Crippen LogP contribution in [0.3, 0.4) is 0 Å². The van der Waals surface area contributed by atoms with Crippen LogP contribution in [0, 0.1) is 5.92 Å². The highest BCUT2D eigenvalue weighted by molar-refractivity contribution is 7.99. The molecule has 0 spiro atoms. The first-order valence-electron chi connectivity index (χ1n) is 7.49. The normalized spacial score (nSPS) is 35.2. The van der Waals surface area contributed by atoms with E-state index in [1.165, 1.54) is 45.3 Å². The van der Waals surface area contributed by atoms with Crippen LogP contribution >= 0.6 is 11.8 Å². The average molecular weight is 270 g/mol. The van der Waals surface area contributed by atoms with Crippen molar-refractivity contribution in [2.75, 3.05) is 37.7 Å². The Morgan fingerprint density at radius 2 is 2.00 bits per heavy atom. The molecule has 1 unspecified atom stereocenters. The van der Waals surface area contributed by atoms with Crippen LogP contribution in [-0.2, 0) is 0 Å². The minimum Gasteiger partial charge on any atom is -0.388 e. The summed E-state index contributed by atoms with van der Waals surface area (Å²) in [5, 5.41) is 13.9. The van der Waals surface area contributed by atoms with E-state index < -0.39 is 5.60 Å². The van der Waals surface area contributed by atoms with Crippen molar-refractivity contribution in [2.24, 2.45) is 5.92 Å². The van der Waals surface area contributed by atoms with E-state index in [9.17, 15) is 5.11 Å². The molecular formula is C14H26N2OS. The van der Waals surface area contributed by atoms with Crippen molar-refractivity contribution in [3.05, 3.63) is 0 Å². The van der Waals surface area contributed by atoms with Gasteiger partial charge in [0, 0.05) is 24.9 Å². The standard InChI is InChI=1S/C14H26N2OS/c17-14(5-8-18-11-14)10-15-13-3-6-16(7-4-13)9-12-1-2-12/h12-13,15,17H,1-11H2. The van der Waals surface area contributed by atoms with Crippen LogP contribution in [0.1, 0.15) is 32.1 Å². The fourth-order valence-electron chi connectivity index (χ4n) is 3.06. The Balaban J connectivity index is 1.34. The maximum absolute atomic E-state index is 10.3. The van der Waals surface area contributed by atoms with E-state index in [2.05, 4.69) is 10.2 Å². The van der Waals surface area contributed by atoms with Crippen molar-refractivity contribution in [3.8, 4) is 0 Å². The van der Waals surface area contributed by atoms with E-state index >= 15 is 0 Å². The molecule has 4 heteroatoms. The van der Waals surface area contributed by atoms with E-state index in [1.54, 1.807) is 0 Å². The molecular weight excluding hydrogens is 244 g/mol. The van der Waals surface area contributed by atoms with Crippen LogP contribution in [0.5, 0.6) is 0 Å². The summed E-state index contributed by atoms with van der Waals surface area (Å²) in [5.41, 5.74) is -0.421. The minimum atomic E-state index is -0.421. The van der Waals surface area contributed by atoms with Crippen LogP contribution in [0.2, 0.25) is 0 Å². The number of rotatable bonds is 5. The summed E-state index contributed by atoms with van der Waals surface area (Å²) in [6, 6.07) is 0.634. The van der Waals surface area contributed by atoms with Crippen LogP contribution < -0.4 is 5.32 Å². The summed E-state index contributed by atoms with van der Waals surface area (Å²) in [4.78, 5) is 2.63. The summed E-state index contributed by atoms with van der Waals surface area (Å²) >= 11 is 1.88. The van der Waals surface area contributed by atoms with Crippen molar-refractivity contribution >= 4 is 11.8 Å². The van der Waals surface area contributed by atoms with E-state index in [0.717, 1.165) is 30.4 Å². The van der Waals surface area contributed by atoms with Crippen molar-refractivity contribution in [1.82, 2.24) is 10.2 Å². The first kappa shape index (κ1) is 13.2. The second kappa shape index (κ2) is 5.70. The summed E-state index contributed by atoms with van der Waals surface area (Å²) in [5.74, 6) is 3.06. The summed E-state index contributed by atoms with van der Waals surface area (Å²) in [6.45, 7) is 4.64. The van der Waals surface area contributed by atoms with E-state index in [0.29, 0.717) is 6.04 Å². The van der Waals surface area contributed by atoms with Crippen LogP contribution in [-0.4, -0.2) is 59.3 Å². The van der Waals surface area contributed by atoms with Crippen LogP contribution in [0.25, 0.3) is 0 Å². The molecule has 3 nitrogen and oxygen atoms in total. The molecule has 2 aliphatic heterocycles. The molecule has 0 aromatic heterocycles. The molecule has 1 aliphatic carbocycles. The zero-order valence-electron chi connectivity index (χ0n) is 11.2. The maximum Gasteiger partial charge on any atom is 0.0869 e. The van der Waals surface area contributed by atoms with Gasteiger partial charge in [-0.1, -0.05) is 0 Å². The highest BCUT2D eigenvalue weighted by Crippen LogP contribution is 2.31. The van der Waals surface area contributed by atoms with Gasteiger partial charge in [-0.25, -0.2) is 0 Å². The first-order chi connectivity index (χ1) is 8.73. The number of piperidine rings is 1. The Bertz CT molecular complexity index is 269. The lowest BCUT2D eigenvalue weighted by Gasteiger charge is -2.34. The second-order valence-corrected chi connectivity index (χ2v) is 7.53. The molecule has 1 atom stereocenters. The minimum absolute atomic E-state index is 0.421. The average Bonchev–Trinajstić information content (AvgIpc) is 3.09. The van der Waals surface area contributed by atoms with Gasteiger partial charge in [-0.05, 0) is 56.9 Å². The molecule has 2 heterocycles. The zero-order valence-corrected chi connectivity index (χ0v) is 12.1. The predicted octanol–water partition coefficient (Wildman–Crippen LogP) is 1.32. The molecule has 3 aliphatic rings. The van der Waals surface area contributed by atoms with Gasteiger partial charge in [0.1, 0.15) is 0 Å². The lowest BCUT2D eigenvalue weighted by atomic mass is 10.0. The number of hydrogen-bond donors (Lipinski definition) is 2. The van der Waals surface area contributed by atoms with Crippen molar-refractivity contribution in [1.29, 1.82) is 0 Å². The number of thioether (sulfide) groups is 1. The molecule has 0 amide bonds. The molecule has 1 saturated carbocycles. The molecule has 0 bridgehead atoms. The molecule has 18 heavy (non-hydrogen) atoms. The fraction of sp³-hybridized carbons (Fsp3) is 1.00. The van der Waals surface area contributed by atoms with Crippen molar-refractivity contribution in [2.45, 2.75) is 43.7 Å². The van der Waals surface area contributed by atoms with Crippen LogP contribution in [0.15, 0.2) is 0 Å².